The van der Waals surface area contributed by atoms with Crippen molar-refractivity contribution in [3.63, 3.8) is 0 Å². The number of thiazole rings is 1. The molecule has 0 saturated carbocycles. The van der Waals surface area contributed by atoms with Gasteiger partial charge < -0.3 is 4.90 Å². The van der Waals surface area contributed by atoms with Crippen molar-refractivity contribution in [3.8, 4) is 0 Å². The van der Waals surface area contributed by atoms with Gasteiger partial charge in [-0.05, 0) is 12.8 Å². The molecule has 0 N–H and O–H groups in total. The summed E-state index contributed by atoms with van der Waals surface area (Å²) >= 11 is 13.2. The highest BCUT2D eigenvalue weighted by Gasteiger charge is 2.17. The van der Waals surface area contributed by atoms with Crippen molar-refractivity contribution in [1.82, 2.24) is 4.98 Å². The number of anilines is 1. The Morgan fingerprint density at radius 3 is 2.62 bits per heavy atom. The van der Waals surface area contributed by atoms with E-state index in [1.54, 1.807) is 11.3 Å². The maximum Gasteiger partial charge on any atom is 0.187 e. The second-order valence-corrected chi connectivity index (χ2v) is 4.73. The second-order valence-electron chi connectivity index (χ2n) is 3.04. The third kappa shape index (κ3) is 1.92. The highest BCUT2D eigenvalue weighted by molar-refractivity contribution is 7.16. The van der Waals surface area contributed by atoms with E-state index in [1.807, 2.05) is 0 Å². The molecule has 1 aliphatic heterocycles. The molecule has 0 bridgehead atoms. The van der Waals surface area contributed by atoms with Gasteiger partial charge >= 0.3 is 0 Å². The lowest BCUT2D eigenvalue weighted by molar-refractivity contribution is 0.949. The number of halogens is 2. The van der Waals surface area contributed by atoms with Crippen LogP contribution in [0.3, 0.4) is 0 Å². The van der Waals surface area contributed by atoms with Crippen LogP contribution < -0.4 is 4.90 Å². The van der Waals surface area contributed by atoms with Crippen LogP contribution in [0.15, 0.2) is 0 Å². The Labute approximate surface area is 91.5 Å². The first-order valence-electron chi connectivity index (χ1n) is 4.27. The zero-order valence-corrected chi connectivity index (χ0v) is 9.42. The molecule has 13 heavy (non-hydrogen) atoms. The molecule has 1 aromatic rings. The Balaban J connectivity index is 2.20. The average molecular weight is 237 g/mol. The van der Waals surface area contributed by atoms with Gasteiger partial charge in [0.15, 0.2) is 5.13 Å². The van der Waals surface area contributed by atoms with Gasteiger partial charge in [-0.1, -0.05) is 22.9 Å². The molecule has 72 valence electrons. The van der Waals surface area contributed by atoms with E-state index in [4.69, 9.17) is 23.2 Å². The van der Waals surface area contributed by atoms with Crippen molar-refractivity contribution in [2.45, 2.75) is 18.7 Å². The van der Waals surface area contributed by atoms with Crippen molar-refractivity contribution < 1.29 is 0 Å². The Bertz CT molecular complexity index is 294. The van der Waals surface area contributed by atoms with Crippen LogP contribution in [0.5, 0.6) is 0 Å². The number of alkyl halides is 1. The van der Waals surface area contributed by atoms with Crippen molar-refractivity contribution in [2.24, 2.45) is 0 Å². The maximum atomic E-state index is 5.91. The Morgan fingerprint density at radius 2 is 2.08 bits per heavy atom. The number of hydrogen-bond donors (Lipinski definition) is 0. The zero-order chi connectivity index (χ0) is 9.26. The van der Waals surface area contributed by atoms with Crippen LogP contribution in [-0.2, 0) is 5.88 Å². The molecular weight excluding hydrogens is 227 g/mol. The van der Waals surface area contributed by atoms with Crippen molar-refractivity contribution >= 4 is 39.7 Å². The Morgan fingerprint density at radius 1 is 1.38 bits per heavy atom. The van der Waals surface area contributed by atoms with E-state index < -0.39 is 0 Å². The number of aromatic nitrogens is 1. The minimum atomic E-state index is 0.463. The third-order valence-electron chi connectivity index (χ3n) is 2.14. The molecule has 1 saturated heterocycles. The van der Waals surface area contributed by atoms with Gasteiger partial charge in [-0.15, -0.1) is 11.6 Å². The van der Waals surface area contributed by atoms with Gasteiger partial charge in [-0.2, -0.15) is 0 Å². The monoisotopic (exact) mass is 236 g/mol. The first-order valence-corrected chi connectivity index (χ1v) is 6.00. The summed E-state index contributed by atoms with van der Waals surface area (Å²) in [5.41, 5.74) is 0. The summed E-state index contributed by atoms with van der Waals surface area (Å²) in [7, 11) is 0. The van der Waals surface area contributed by atoms with E-state index >= 15 is 0 Å². The quantitative estimate of drug-likeness (QED) is 0.734. The smallest absolute Gasteiger partial charge is 0.187 e. The number of hydrogen-bond acceptors (Lipinski definition) is 3. The molecule has 0 radical (unpaired) electrons. The highest BCUT2D eigenvalue weighted by Crippen LogP contribution is 2.32. The predicted octanol–water partition coefficient (Wildman–Crippen LogP) is 3.14. The fourth-order valence-corrected chi connectivity index (χ4v) is 2.97. The SMILES string of the molecule is ClCc1sc(N2CCCC2)nc1Cl. The van der Waals surface area contributed by atoms with Gasteiger partial charge in [0.05, 0.1) is 10.8 Å². The molecule has 1 aromatic heterocycles. The molecule has 0 atom stereocenters. The molecule has 1 aliphatic rings. The molecule has 5 heteroatoms. The van der Waals surface area contributed by atoms with Gasteiger partial charge in [0.1, 0.15) is 5.15 Å². The van der Waals surface area contributed by atoms with Crippen molar-refractivity contribution in [3.05, 3.63) is 10.0 Å². The normalized spacial score (nSPS) is 16.9. The van der Waals surface area contributed by atoms with Crippen LogP contribution in [0.1, 0.15) is 17.7 Å². The first kappa shape index (κ1) is 9.56. The van der Waals surface area contributed by atoms with Crippen LogP contribution in [0.25, 0.3) is 0 Å². The first-order chi connectivity index (χ1) is 6.31. The summed E-state index contributed by atoms with van der Waals surface area (Å²) in [4.78, 5) is 7.54. The van der Waals surface area contributed by atoms with Crippen LogP contribution in [0.2, 0.25) is 5.15 Å². The van der Waals surface area contributed by atoms with E-state index in [9.17, 15) is 0 Å². The van der Waals surface area contributed by atoms with Gasteiger partial charge in [-0.25, -0.2) is 4.98 Å². The summed E-state index contributed by atoms with van der Waals surface area (Å²) in [5.74, 6) is 0.463. The number of nitrogens with zero attached hydrogens (tertiary/aromatic N) is 2. The molecule has 0 spiro atoms. The van der Waals surface area contributed by atoms with Crippen LogP contribution in [-0.4, -0.2) is 18.1 Å². The van der Waals surface area contributed by atoms with Gasteiger partial charge in [0.25, 0.3) is 0 Å². The Kier molecular flexibility index (Phi) is 2.96. The molecule has 2 nitrogen and oxygen atoms in total. The van der Waals surface area contributed by atoms with Gasteiger partial charge in [0, 0.05) is 13.1 Å². The van der Waals surface area contributed by atoms with Crippen molar-refractivity contribution in [2.75, 3.05) is 18.0 Å². The second kappa shape index (κ2) is 4.03. The minimum Gasteiger partial charge on any atom is -0.348 e. The fraction of sp³-hybridized carbons (Fsp3) is 0.625. The molecule has 0 unspecified atom stereocenters. The fourth-order valence-electron chi connectivity index (χ4n) is 1.45. The molecular formula is C8H10Cl2N2S. The molecule has 2 rings (SSSR count). The highest BCUT2D eigenvalue weighted by atomic mass is 35.5. The van der Waals surface area contributed by atoms with E-state index in [-0.39, 0.29) is 0 Å². The molecule has 1 fully saturated rings. The van der Waals surface area contributed by atoms with E-state index in [0.29, 0.717) is 11.0 Å². The summed E-state index contributed by atoms with van der Waals surface area (Å²) in [5, 5.41) is 1.60. The maximum absolute atomic E-state index is 5.91. The topological polar surface area (TPSA) is 16.1 Å². The lowest BCUT2D eigenvalue weighted by Gasteiger charge is -2.11. The molecule has 0 aromatic carbocycles. The summed E-state index contributed by atoms with van der Waals surface area (Å²) in [6.07, 6.45) is 2.51. The van der Waals surface area contributed by atoms with Crippen LogP contribution >= 0.6 is 34.5 Å². The van der Waals surface area contributed by atoms with E-state index in [2.05, 4.69) is 9.88 Å². The molecule has 2 heterocycles. The van der Waals surface area contributed by atoms with Crippen LogP contribution in [0.4, 0.5) is 5.13 Å². The number of rotatable bonds is 2. The van der Waals surface area contributed by atoms with Gasteiger partial charge in [0.2, 0.25) is 0 Å². The average Bonchev–Trinajstić information content (AvgIpc) is 2.71. The minimum absolute atomic E-state index is 0.463. The standard InChI is InChI=1S/C8H10Cl2N2S/c9-5-6-7(10)11-8(13-6)12-3-1-2-4-12/h1-5H2. The Hall–Kier alpha value is 0.01000. The summed E-state index contributed by atoms with van der Waals surface area (Å²) in [6.45, 7) is 2.21. The van der Waals surface area contributed by atoms with E-state index in [1.165, 1.54) is 12.8 Å². The predicted molar refractivity (Wildman–Crippen MR) is 58.1 cm³/mol. The van der Waals surface area contributed by atoms with Crippen molar-refractivity contribution in [1.29, 1.82) is 0 Å². The largest absolute Gasteiger partial charge is 0.348 e. The molecule has 0 aliphatic carbocycles. The zero-order valence-electron chi connectivity index (χ0n) is 7.09. The summed E-state index contributed by atoms with van der Waals surface area (Å²) in [6, 6.07) is 0. The summed E-state index contributed by atoms with van der Waals surface area (Å²) < 4.78 is 0. The lowest BCUT2D eigenvalue weighted by Crippen LogP contribution is -2.16. The van der Waals surface area contributed by atoms with E-state index in [0.717, 1.165) is 23.1 Å². The van der Waals surface area contributed by atoms with Crippen LogP contribution in [0, 0.1) is 0 Å². The van der Waals surface area contributed by atoms with Gasteiger partial charge in [-0.3, -0.25) is 0 Å². The third-order valence-corrected chi connectivity index (χ3v) is 4.10. The molecule has 0 amide bonds. The lowest BCUT2D eigenvalue weighted by atomic mass is 10.4.